The lowest BCUT2D eigenvalue weighted by Gasteiger charge is -2.18. The van der Waals surface area contributed by atoms with Crippen molar-refractivity contribution in [3.05, 3.63) is 234 Å². The van der Waals surface area contributed by atoms with Crippen LogP contribution >= 0.6 is 0 Å². The number of amides is 2. The van der Waals surface area contributed by atoms with E-state index in [1.54, 1.807) is 24.3 Å². The van der Waals surface area contributed by atoms with Crippen LogP contribution < -0.4 is 22.1 Å². The van der Waals surface area contributed by atoms with E-state index in [4.69, 9.17) is 20.9 Å². The number of pyridine rings is 2. The summed E-state index contributed by atoms with van der Waals surface area (Å²) in [5.41, 5.74) is 28.0. The maximum Gasteiger partial charge on any atom is 0.251 e. The van der Waals surface area contributed by atoms with Gasteiger partial charge in [-0.25, -0.2) is 27.5 Å². The highest BCUT2D eigenvalue weighted by atomic mass is 19.1. The molecule has 2 aromatic heterocycles. The van der Waals surface area contributed by atoms with Crippen LogP contribution in [0.2, 0.25) is 0 Å². The van der Waals surface area contributed by atoms with E-state index in [9.17, 15) is 27.2 Å². The number of carbonyl (C=O) groups is 2. The van der Waals surface area contributed by atoms with Crippen LogP contribution in [0.4, 0.5) is 29.2 Å². The topological polar surface area (TPSA) is 154 Å². The van der Waals surface area contributed by atoms with Gasteiger partial charge in [0, 0.05) is 58.9 Å². The Kier molecular flexibility index (Phi) is 11.5. The summed E-state index contributed by atoms with van der Waals surface area (Å²) in [4.78, 5) is 34.5. The van der Waals surface area contributed by atoms with Crippen LogP contribution in [-0.2, 0) is 22.6 Å². The van der Waals surface area contributed by atoms with Crippen molar-refractivity contribution in [3.8, 4) is 22.3 Å². The average molecular weight is 967 g/mol. The maximum atomic E-state index is 14.3. The van der Waals surface area contributed by atoms with Gasteiger partial charge in [-0.05, 0) is 178 Å². The Morgan fingerprint density at radius 3 is 1.19 bits per heavy atom. The van der Waals surface area contributed by atoms with E-state index < -0.39 is 23.3 Å². The molecular formula is C58H46F4N6O4. The van der Waals surface area contributed by atoms with Crippen LogP contribution in [0.5, 0.6) is 0 Å². The molecule has 0 unspecified atom stereocenters. The summed E-state index contributed by atoms with van der Waals surface area (Å²) in [6.45, 7) is 8.36. The van der Waals surface area contributed by atoms with Crippen LogP contribution in [0.3, 0.4) is 0 Å². The first-order chi connectivity index (χ1) is 34.6. The molecule has 0 aliphatic carbocycles. The number of anilines is 2. The normalized spacial score (nSPS) is 17.1. The zero-order valence-corrected chi connectivity index (χ0v) is 39.5. The van der Waals surface area contributed by atoms with Crippen molar-refractivity contribution in [2.75, 3.05) is 11.5 Å². The number of ether oxygens (including phenoxy) is 2. The minimum Gasteiger partial charge on any atom is -0.384 e. The predicted octanol–water partition coefficient (Wildman–Crippen LogP) is 11.4. The van der Waals surface area contributed by atoms with Gasteiger partial charge in [-0.1, -0.05) is 36.4 Å². The number of carbonyl (C=O) groups excluding carboxylic acids is 2. The molecule has 0 spiro atoms. The van der Waals surface area contributed by atoms with E-state index in [0.717, 1.165) is 90.3 Å². The molecule has 10 nitrogen and oxygen atoms in total. The van der Waals surface area contributed by atoms with E-state index in [0.29, 0.717) is 58.1 Å². The second-order valence-corrected chi connectivity index (χ2v) is 18.6. The lowest BCUT2D eigenvalue weighted by Crippen LogP contribution is -2.24. The Bertz CT molecular complexity index is 3320. The largest absolute Gasteiger partial charge is 0.384 e. The third-order valence-electron chi connectivity index (χ3n) is 14.2. The van der Waals surface area contributed by atoms with E-state index in [1.807, 2.05) is 88.4 Å². The smallest absolute Gasteiger partial charge is 0.251 e. The number of hydrogen-bond donors (Lipinski definition) is 4. The molecule has 12 rings (SSSR count). The molecule has 2 amide bonds. The molecule has 0 saturated heterocycles. The Labute approximate surface area is 412 Å². The molecule has 6 N–H and O–H groups in total. The number of hydrogen-bond acceptors (Lipinski definition) is 8. The van der Waals surface area contributed by atoms with Gasteiger partial charge in [-0.3, -0.25) is 9.59 Å². The average Bonchev–Trinajstić information content (AvgIpc) is 4.12. The second-order valence-electron chi connectivity index (χ2n) is 18.6. The highest BCUT2D eigenvalue weighted by Gasteiger charge is 2.44. The lowest BCUT2D eigenvalue weighted by molar-refractivity contribution is 0.0856. The molecule has 4 atom stereocenters. The summed E-state index contributed by atoms with van der Waals surface area (Å²) in [5, 5.41) is 5.97. The Morgan fingerprint density at radius 1 is 0.472 bits per heavy atom. The first-order valence-corrected chi connectivity index (χ1v) is 23.4. The second kappa shape index (κ2) is 17.9. The zero-order chi connectivity index (χ0) is 50.3. The van der Waals surface area contributed by atoms with Gasteiger partial charge in [0.15, 0.2) is 0 Å². The Hall–Kier alpha value is -8.20. The lowest BCUT2D eigenvalue weighted by atomic mass is 9.83. The molecule has 0 saturated carbocycles. The number of fused-ring (bicyclic) bond motifs is 16. The number of nitrogen functional groups attached to an aromatic ring is 2. The fraction of sp³-hybridized carbons (Fsp3) is 0.172. The number of aryl methyl sites for hydroxylation is 4. The van der Waals surface area contributed by atoms with E-state index in [1.165, 1.54) is 24.3 Å². The Balaban J connectivity index is 0.000000156. The molecule has 0 radical (unpaired) electrons. The number of halogens is 4. The van der Waals surface area contributed by atoms with E-state index in [-0.39, 0.29) is 36.2 Å². The molecule has 0 fully saturated rings. The summed E-state index contributed by atoms with van der Waals surface area (Å²) in [5.74, 6) is -1.86. The quantitative estimate of drug-likeness (QED) is 0.110. The summed E-state index contributed by atoms with van der Waals surface area (Å²) >= 11 is 0. The number of nitrogens with zero attached hydrogens (tertiary/aromatic N) is 2. The van der Waals surface area contributed by atoms with Gasteiger partial charge in [0.2, 0.25) is 0 Å². The van der Waals surface area contributed by atoms with Crippen LogP contribution in [-0.4, -0.2) is 21.8 Å². The molecule has 8 aromatic rings. The third kappa shape index (κ3) is 8.11. The molecule has 4 aliphatic heterocycles. The summed E-state index contributed by atoms with van der Waals surface area (Å²) in [6.07, 6.45) is -1.14. The SMILES string of the molecule is Cc1cc(N)nc(C)c1CNC(=O)c1ccc2c(c1)[C@@H]1O[C@H]2c2cc(-c3ccc(F)cc3F)ccc21.Cc1cc(N)nc(C)c1CNC(=O)c1ccc2c(c1)[C@@H]1O[C@H]2c2cc(-c3ccc(F)cc3F)ccc21. The minimum atomic E-state index is -0.607. The number of aromatic nitrogens is 2. The van der Waals surface area contributed by atoms with E-state index >= 15 is 0 Å². The fourth-order valence-corrected chi connectivity index (χ4v) is 10.6. The van der Waals surface area contributed by atoms with Crippen LogP contribution in [0.15, 0.2) is 121 Å². The first kappa shape index (κ1) is 46.2. The van der Waals surface area contributed by atoms with Gasteiger partial charge in [0.25, 0.3) is 11.8 Å². The summed E-state index contributed by atoms with van der Waals surface area (Å²) < 4.78 is 67.9. The predicted molar refractivity (Wildman–Crippen MR) is 265 cm³/mol. The number of nitrogens with one attached hydrogen (secondary N) is 2. The molecule has 6 heterocycles. The van der Waals surface area contributed by atoms with Crippen molar-refractivity contribution < 1.29 is 36.6 Å². The van der Waals surface area contributed by atoms with Crippen molar-refractivity contribution in [2.45, 2.75) is 65.2 Å². The molecule has 4 bridgehead atoms. The highest BCUT2D eigenvalue weighted by Crippen LogP contribution is 2.56. The molecular weight excluding hydrogens is 921 g/mol. The standard InChI is InChI=1S/2C29H23F2N3O2/c2*1-14-9-26(32)34-15(2)24(14)13-33-29(35)17-4-7-21-23(11-17)28-20-6-3-16(10-22(20)27(21)36-28)19-8-5-18(30)12-25(19)31/h2*3-12,27-28H,13H2,1-2H3,(H2,32,34)(H,33,35)/t2*27-,28-/m11/s1. The zero-order valence-electron chi connectivity index (χ0n) is 39.5. The molecule has 6 aromatic carbocycles. The first-order valence-electron chi connectivity index (χ1n) is 23.4. The van der Waals surface area contributed by atoms with Gasteiger partial charge >= 0.3 is 0 Å². The number of benzene rings is 6. The minimum absolute atomic E-state index is 0.182. The Morgan fingerprint density at radius 2 is 0.833 bits per heavy atom. The number of rotatable bonds is 8. The third-order valence-corrected chi connectivity index (χ3v) is 14.2. The van der Waals surface area contributed by atoms with Crippen molar-refractivity contribution >= 4 is 23.5 Å². The molecule has 4 aliphatic rings. The monoisotopic (exact) mass is 966 g/mol. The van der Waals surface area contributed by atoms with Gasteiger partial charge in [-0.15, -0.1) is 0 Å². The van der Waals surface area contributed by atoms with Gasteiger partial charge in [0.1, 0.15) is 59.3 Å². The van der Waals surface area contributed by atoms with Gasteiger partial charge in [-0.2, -0.15) is 0 Å². The molecule has 14 heteroatoms. The highest BCUT2D eigenvalue weighted by molar-refractivity contribution is 5.95. The van der Waals surface area contributed by atoms with Crippen molar-refractivity contribution in [1.29, 1.82) is 0 Å². The van der Waals surface area contributed by atoms with Crippen LogP contribution in [0.1, 0.15) is 123 Å². The molecule has 360 valence electrons. The maximum absolute atomic E-state index is 14.3. The summed E-state index contributed by atoms with van der Waals surface area (Å²) in [7, 11) is 0. The van der Waals surface area contributed by atoms with E-state index in [2.05, 4.69) is 20.6 Å². The van der Waals surface area contributed by atoms with Gasteiger partial charge < -0.3 is 31.6 Å². The van der Waals surface area contributed by atoms with Crippen LogP contribution in [0.25, 0.3) is 22.3 Å². The fourth-order valence-electron chi connectivity index (χ4n) is 10.6. The van der Waals surface area contributed by atoms with Crippen LogP contribution in [0, 0.1) is 51.0 Å². The number of nitrogens with two attached hydrogens (primary N) is 2. The van der Waals surface area contributed by atoms with Gasteiger partial charge in [0.05, 0.1) is 0 Å². The van der Waals surface area contributed by atoms with Crippen molar-refractivity contribution in [2.24, 2.45) is 0 Å². The summed E-state index contributed by atoms with van der Waals surface area (Å²) in [6, 6.07) is 33.3. The van der Waals surface area contributed by atoms with Crippen molar-refractivity contribution in [1.82, 2.24) is 20.6 Å². The van der Waals surface area contributed by atoms with Crippen molar-refractivity contribution in [3.63, 3.8) is 0 Å². The molecule has 72 heavy (non-hydrogen) atoms.